The second kappa shape index (κ2) is 7.60. The molecule has 19 heavy (non-hydrogen) atoms. The fraction of sp³-hybridized carbons (Fsp3) is 1.00. The van der Waals surface area contributed by atoms with Crippen LogP contribution in [-0.4, -0.2) is 33.3 Å². The molecule has 1 aliphatic rings. The minimum atomic E-state index is -3.08. The van der Waals surface area contributed by atoms with Gasteiger partial charge in [-0.05, 0) is 44.1 Å². The Balaban J connectivity index is 2.17. The van der Waals surface area contributed by atoms with Crippen LogP contribution in [0.25, 0.3) is 0 Å². The molecular weight excluding hydrogens is 260 g/mol. The van der Waals surface area contributed by atoms with E-state index in [1.807, 2.05) is 0 Å². The average molecular weight is 290 g/mol. The minimum absolute atomic E-state index is 0.256. The van der Waals surface area contributed by atoms with Crippen LogP contribution in [0, 0.1) is 5.41 Å². The highest BCUT2D eigenvalue weighted by Crippen LogP contribution is 2.43. The van der Waals surface area contributed by atoms with Crippen LogP contribution in [0.3, 0.4) is 0 Å². The maximum atomic E-state index is 11.9. The lowest BCUT2D eigenvalue weighted by Gasteiger charge is -2.41. The molecule has 1 fully saturated rings. The highest BCUT2D eigenvalue weighted by atomic mass is 32.2. The van der Waals surface area contributed by atoms with E-state index < -0.39 is 10.0 Å². The van der Waals surface area contributed by atoms with Crippen LogP contribution >= 0.6 is 0 Å². The third kappa shape index (κ3) is 6.23. The Morgan fingerprint density at radius 2 is 1.89 bits per heavy atom. The van der Waals surface area contributed by atoms with Crippen molar-refractivity contribution in [1.82, 2.24) is 10.0 Å². The Kier molecular flexibility index (Phi) is 6.77. The monoisotopic (exact) mass is 290 g/mol. The highest BCUT2D eigenvalue weighted by Gasteiger charge is 2.35. The molecule has 0 amide bonds. The van der Waals surface area contributed by atoms with Gasteiger partial charge in [0.25, 0.3) is 0 Å². The van der Waals surface area contributed by atoms with Gasteiger partial charge in [0.05, 0.1) is 5.75 Å². The van der Waals surface area contributed by atoms with Gasteiger partial charge in [0.1, 0.15) is 0 Å². The summed E-state index contributed by atoms with van der Waals surface area (Å²) in [5.74, 6) is 0.257. The van der Waals surface area contributed by atoms with E-state index in [9.17, 15) is 8.42 Å². The number of unbranched alkanes of at least 4 members (excludes halogenated alkanes) is 1. The second-order valence-corrected chi connectivity index (χ2v) is 8.09. The molecule has 0 bridgehead atoms. The topological polar surface area (TPSA) is 58.2 Å². The summed E-state index contributed by atoms with van der Waals surface area (Å²) in [5.41, 5.74) is 0.256. The van der Waals surface area contributed by atoms with Crippen molar-refractivity contribution >= 4 is 10.0 Å². The number of rotatable bonds is 10. The molecule has 0 atom stereocenters. The molecule has 0 unspecified atom stereocenters. The predicted octanol–water partition coefficient (Wildman–Crippen LogP) is 2.26. The zero-order valence-corrected chi connectivity index (χ0v) is 13.5. The molecule has 4 nitrogen and oxygen atoms in total. The van der Waals surface area contributed by atoms with Crippen LogP contribution in [0.5, 0.6) is 0 Å². The van der Waals surface area contributed by atoms with Crippen molar-refractivity contribution in [2.24, 2.45) is 5.41 Å². The van der Waals surface area contributed by atoms with Crippen molar-refractivity contribution < 1.29 is 8.42 Å². The third-order valence-electron chi connectivity index (χ3n) is 4.22. The molecule has 0 aliphatic heterocycles. The van der Waals surface area contributed by atoms with Gasteiger partial charge in [-0.3, -0.25) is 0 Å². The Bertz CT molecular complexity index is 343. The maximum Gasteiger partial charge on any atom is 0.211 e. The highest BCUT2D eigenvalue weighted by molar-refractivity contribution is 7.89. The van der Waals surface area contributed by atoms with Gasteiger partial charge in [0.15, 0.2) is 0 Å². The Morgan fingerprint density at radius 1 is 1.21 bits per heavy atom. The fourth-order valence-electron chi connectivity index (χ4n) is 2.48. The van der Waals surface area contributed by atoms with E-state index in [-0.39, 0.29) is 11.2 Å². The van der Waals surface area contributed by atoms with E-state index in [0.29, 0.717) is 12.6 Å². The Morgan fingerprint density at radius 3 is 2.37 bits per heavy atom. The lowest BCUT2D eigenvalue weighted by Crippen LogP contribution is -2.42. The number of nitrogens with one attached hydrogen (secondary N) is 2. The fourth-order valence-corrected chi connectivity index (χ4v) is 3.73. The first-order chi connectivity index (χ1) is 8.89. The van der Waals surface area contributed by atoms with E-state index in [1.165, 1.54) is 19.3 Å². The van der Waals surface area contributed by atoms with Crippen LogP contribution in [0.1, 0.15) is 59.3 Å². The van der Waals surface area contributed by atoms with Crippen LogP contribution in [0.15, 0.2) is 0 Å². The summed E-state index contributed by atoms with van der Waals surface area (Å²) in [6.07, 6.45) is 6.31. The molecule has 0 aromatic rings. The van der Waals surface area contributed by atoms with Crippen LogP contribution in [0.4, 0.5) is 0 Å². The number of sulfonamides is 1. The molecule has 5 heteroatoms. The zero-order valence-electron chi connectivity index (χ0n) is 12.7. The molecule has 0 aromatic heterocycles. The zero-order chi connectivity index (χ0) is 14.4. The second-order valence-electron chi connectivity index (χ2n) is 6.16. The first kappa shape index (κ1) is 16.9. The van der Waals surface area contributed by atoms with Crippen LogP contribution in [0.2, 0.25) is 0 Å². The summed E-state index contributed by atoms with van der Waals surface area (Å²) < 4.78 is 26.6. The lowest BCUT2D eigenvalue weighted by atomic mass is 9.67. The minimum Gasteiger partial charge on any atom is -0.315 e. The van der Waals surface area contributed by atoms with Crippen molar-refractivity contribution in [3.8, 4) is 0 Å². The maximum absolute atomic E-state index is 11.9. The molecule has 0 heterocycles. The summed E-state index contributed by atoms with van der Waals surface area (Å²) in [7, 11) is -3.08. The van der Waals surface area contributed by atoms with Gasteiger partial charge < -0.3 is 5.32 Å². The van der Waals surface area contributed by atoms with E-state index in [1.54, 1.807) is 0 Å². The van der Waals surface area contributed by atoms with E-state index in [0.717, 1.165) is 25.8 Å². The summed E-state index contributed by atoms with van der Waals surface area (Å²) in [4.78, 5) is 0. The van der Waals surface area contributed by atoms with Crippen molar-refractivity contribution in [2.75, 3.05) is 18.8 Å². The molecule has 0 radical (unpaired) electrons. The molecule has 0 saturated heterocycles. The van der Waals surface area contributed by atoms with Gasteiger partial charge in [0, 0.05) is 12.6 Å². The first-order valence-electron chi connectivity index (χ1n) is 7.60. The number of hydrogen-bond donors (Lipinski definition) is 2. The molecule has 114 valence electrons. The third-order valence-corrected chi connectivity index (χ3v) is 5.63. The molecule has 1 saturated carbocycles. The number of hydrogen-bond acceptors (Lipinski definition) is 3. The Hall–Kier alpha value is -0.130. The lowest BCUT2D eigenvalue weighted by molar-refractivity contribution is 0.133. The average Bonchev–Trinajstić information content (AvgIpc) is 2.27. The van der Waals surface area contributed by atoms with Crippen molar-refractivity contribution in [1.29, 1.82) is 0 Å². The quantitative estimate of drug-likeness (QED) is 0.607. The van der Waals surface area contributed by atoms with E-state index in [4.69, 9.17) is 0 Å². The molecule has 1 aliphatic carbocycles. The molecule has 1 rings (SSSR count). The predicted molar refractivity (Wildman–Crippen MR) is 80.7 cm³/mol. The summed E-state index contributed by atoms with van der Waals surface area (Å²) in [6.45, 7) is 7.88. The van der Waals surface area contributed by atoms with E-state index in [2.05, 4.69) is 30.8 Å². The smallest absolute Gasteiger partial charge is 0.211 e. The SMILES string of the molecule is CCC1(CNS(=O)(=O)CCCCNC(C)C)CCC1. The van der Waals surface area contributed by atoms with Gasteiger partial charge in [-0.2, -0.15) is 0 Å². The molecule has 2 N–H and O–H groups in total. The first-order valence-corrected chi connectivity index (χ1v) is 9.25. The van der Waals surface area contributed by atoms with Gasteiger partial charge in [-0.15, -0.1) is 0 Å². The Labute approximate surface area is 118 Å². The largest absolute Gasteiger partial charge is 0.315 e. The standard InChI is InChI=1S/C14H30N2O2S/c1-4-14(8-7-9-14)12-16-19(17,18)11-6-5-10-15-13(2)3/h13,15-16H,4-12H2,1-3H3. The molecule has 0 spiro atoms. The van der Waals surface area contributed by atoms with Crippen molar-refractivity contribution in [3.05, 3.63) is 0 Å². The molecule has 0 aromatic carbocycles. The molecular formula is C14H30N2O2S. The van der Waals surface area contributed by atoms with Gasteiger partial charge in [0.2, 0.25) is 10.0 Å². The van der Waals surface area contributed by atoms with Gasteiger partial charge in [-0.1, -0.05) is 27.2 Å². The van der Waals surface area contributed by atoms with Gasteiger partial charge >= 0.3 is 0 Å². The summed E-state index contributed by atoms with van der Waals surface area (Å²) in [5, 5.41) is 3.30. The summed E-state index contributed by atoms with van der Waals surface area (Å²) in [6, 6.07) is 0.470. The van der Waals surface area contributed by atoms with Crippen LogP contribution in [-0.2, 0) is 10.0 Å². The van der Waals surface area contributed by atoms with Crippen molar-refractivity contribution in [3.63, 3.8) is 0 Å². The van der Waals surface area contributed by atoms with Crippen molar-refractivity contribution in [2.45, 2.75) is 65.3 Å². The van der Waals surface area contributed by atoms with E-state index >= 15 is 0 Å². The summed E-state index contributed by atoms with van der Waals surface area (Å²) >= 11 is 0. The normalized spacial score (nSPS) is 18.5. The van der Waals surface area contributed by atoms with Crippen LogP contribution < -0.4 is 10.0 Å². The van der Waals surface area contributed by atoms with Gasteiger partial charge in [-0.25, -0.2) is 13.1 Å².